The highest BCUT2D eigenvalue weighted by Gasteiger charge is 2.31. The van der Waals surface area contributed by atoms with Gasteiger partial charge in [-0.1, -0.05) is 12.5 Å². The van der Waals surface area contributed by atoms with Crippen molar-refractivity contribution in [1.29, 1.82) is 0 Å². The zero-order valence-corrected chi connectivity index (χ0v) is 11.2. The molecule has 4 nitrogen and oxygen atoms in total. The van der Waals surface area contributed by atoms with Gasteiger partial charge in [-0.2, -0.15) is 0 Å². The summed E-state index contributed by atoms with van der Waals surface area (Å²) < 4.78 is 45.3. The van der Waals surface area contributed by atoms with Crippen molar-refractivity contribution in [3.63, 3.8) is 0 Å². The molecule has 0 spiro atoms. The number of nitrogens with two attached hydrogens (primary N) is 2. The lowest BCUT2D eigenvalue weighted by Gasteiger charge is -2.17. The number of methoxy groups -OCH3 is 1. The molecule has 20 heavy (non-hydrogen) atoms. The Morgan fingerprint density at radius 1 is 1.25 bits per heavy atom. The minimum Gasteiger partial charge on any atom is -0.496 e. The van der Waals surface area contributed by atoms with Gasteiger partial charge in [0.2, 0.25) is 0 Å². The summed E-state index contributed by atoms with van der Waals surface area (Å²) in [5.41, 5.74) is 12.1. The molecule has 1 atom stereocenters. The van der Waals surface area contributed by atoms with E-state index in [1.807, 2.05) is 0 Å². The first kappa shape index (κ1) is 16.6. The van der Waals surface area contributed by atoms with Crippen LogP contribution >= 0.6 is 0 Å². The summed E-state index contributed by atoms with van der Waals surface area (Å²) in [5.74, 6) is -0.0424. The van der Waals surface area contributed by atoms with E-state index >= 15 is 0 Å². The Morgan fingerprint density at radius 3 is 2.50 bits per heavy atom. The fraction of sp³-hybridized carbons (Fsp3) is 0.538. The van der Waals surface area contributed by atoms with Crippen LogP contribution in [-0.4, -0.2) is 20.0 Å². The molecule has 0 amide bonds. The van der Waals surface area contributed by atoms with Gasteiger partial charge in [-0.15, -0.1) is 13.2 Å². The first-order valence-corrected chi connectivity index (χ1v) is 6.26. The predicted octanol–water partition coefficient (Wildman–Crippen LogP) is 2.72. The molecular weight excluding hydrogens is 273 g/mol. The number of hydrogen-bond donors (Lipinski definition) is 2. The molecule has 1 aromatic rings. The van der Waals surface area contributed by atoms with Crippen molar-refractivity contribution < 1.29 is 22.6 Å². The van der Waals surface area contributed by atoms with Crippen molar-refractivity contribution in [1.82, 2.24) is 0 Å². The Morgan fingerprint density at radius 2 is 1.95 bits per heavy atom. The highest BCUT2D eigenvalue weighted by atomic mass is 19.4. The standard InChI is InChI=1S/C13H19F3N2O2/c1-19-12-8-9(20-13(14,15)16)5-6-10(12)11(18)4-2-3-7-17/h5-6,8,11H,2-4,7,17-18H2,1H3/t11-/m1/s1. The van der Waals surface area contributed by atoms with Gasteiger partial charge in [-0.3, -0.25) is 0 Å². The minimum atomic E-state index is -4.73. The molecule has 0 heterocycles. The molecule has 0 aliphatic rings. The summed E-state index contributed by atoms with van der Waals surface area (Å²) >= 11 is 0. The Kier molecular flexibility index (Phi) is 6.09. The number of benzene rings is 1. The van der Waals surface area contributed by atoms with E-state index in [4.69, 9.17) is 16.2 Å². The Labute approximate surface area is 115 Å². The third-order valence-corrected chi connectivity index (χ3v) is 2.81. The third kappa shape index (κ3) is 5.26. The fourth-order valence-corrected chi connectivity index (χ4v) is 1.86. The summed E-state index contributed by atoms with van der Waals surface area (Å²) in [7, 11) is 1.38. The number of unbranched alkanes of at least 4 members (excludes halogenated alkanes) is 1. The monoisotopic (exact) mass is 292 g/mol. The minimum absolute atomic E-state index is 0.284. The first-order valence-electron chi connectivity index (χ1n) is 6.26. The predicted molar refractivity (Wildman–Crippen MR) is 69.5 cm³/mol. The van der Waals surface area contributed by atoms with E-state index in [9.17, 15) is 13.2 Å². The van der Waals surface area contributed by atoms with Gasteiger partial charge in [0, 0.05) is 17.7 Å². The normalized spacial score (nSPS) is 13.1. The van der Waals surface area contributed by atoms with Crippen molar-refractivity contribution in [2.24, 2.45) is 11.5 Å². The van der Waals surface area contributed by atoms with Gasteiger partial charge in [-0.05, 0) is 25.5 Å². The zero-order chi connectivity index (χ0) is 15.2. The summed E-state index contributed by atoms with van der Waals surface area (Å²) in [6.45, 7) is 0.586. The van der Waals surface area contributed by atoms with Gasteiger partial charge in [0.05, 0.1) is 7.11 Å². The first-order chi connectivity index (χ1) is 9.37. The molecule has 0 fully saturated rings. The lowest BCUT2D eigenvalue weighted by molar-refractivity contribution is -0.274. The number of hydrogen-bond acceptors (Lipinski definition) is 4. The van der Waals surface area contributed by atoms with Crippen LogP contribution in [0.3, 0.4) is 0 Å². The van der Waals surface area contributed by atoms with Gasteiger partial charge >= 0.3 is 6.36 Å². The lowest BCUT2D eigenvalue weighted by atomic mass is 10.0. The van der Waals surface area contributed by atoms with Crippen LogP contribution in [0.25, 0.3) is 0 Å². The van der Waals surface area contributed by atoms with Gasteiger partial charge in [-0.25, -0.2) is 0 Å². The van der Waals surface area contributed by atoms with E-state index in [-0.39, 0.29) is 17.5 Å². The maximum Gasteiger partial charge on any atom is 0.573 e. The molecule has 1 aromatic carbocycles. The second-order valence-corrected chi connectivity index (χ2v) is 4.34. The topological polar surface area (TPSA) is 70.5 Å². The quantitative estimate of drug-likeness (QED) is 0.758. The number of ether oxygens (including phenoxy) is 2. The Bertz CT molecular complexity index is 425. The smallest absolute Gasteiger partial charge is 0.496 e. The SMILES string of the molecule is COc1cc(OC(F)(F)F)ccc1[C@H](N)CCCCN. The molecular formula is C13H19F3N2O2. The molecule has 114 valence electrons. The molecule has 0 radical (unpaired) electrons. The van der Waals surface area contributed by atoms with Crippen molar-refractivity contribution >= 4 is 0 Å². The van der Waals surface area contributed by atoms with Crippen LogP contribution < -0.4 is 20.9 Å². The Balaban J connectivity index is 2.82. The van der Waals surface area contributed by atoms with Crippen molar-refractivity contribution in [2.75, 3.05) is 13.7 Å². The van der Waals surface area contributed by atoms with Crippen LogP contribution in [0.5, 0.6) is 11.5 Å². The second-order valence-electron chi connectivity index (χ2n) is 4.34. The van der Waals surface area contributed by atoms with Crippen molar-refractivity contribution in [3.8, 4) is 11.5 Å². The fourth-order valence-electron chi connectivity index (χ4n) is 1.86. The maximum absolute atomic E-state index is 12.1. The highest BCUT2D eigenvalue weighted by Crippen LogP contribution is 2.32. The number of halogens is 3. The molecule has 7 heteroatoms. The third-order valence-electron chi connectivity index (χ3n) is 2.81. The molecule has 0 saturated carbocycles. The van der Waals surface area contributed by atoms with Gasteiger partial charge in [0.25, 0.3) is 0 Å². The lowest BCUT2D eigenvalue weighted by Crippen LogP contribution is -2.17. The summed E-state index contributed by atoms with van der Waals surface area (Å²) in [5, 5.41) is 0. The van der Waals surface area contributed by atoms with Gasteiger partial charge < -0.3 is 20.9 Å². The van der Waals surface area contributed by atoms with Crippen LogP contribution in [0.2, 0.25) is 0 Å². The molecule has 0 aliphatic heterocycles. The van der Waals surface area contributed by atoms with Crippen LogP contribution in [0.15, 0.2) is 18.2 Å². The average molecular weight is 292 g/mol. The van der Waals surface area contributed by atoms with E-state index in [1.165, 1.54) is 25.3 Å². The molecule has 0 saturated heterocycles. The molecule has 0 aliphatic carbocycles. The maximum atomic E-state index is 12.1. The van der Waals surface area contributed by atoms with Crippen molar-refractivity contribution in [2.45, 2.75) is 31.7 Å². The average Bonchev–Trinajstić information content (AvgIpc) is 2.36. The van der Waals surface area contributed by atoms with Crippen LogP contribution in [0.4, 0.5) is 13.2 Å². The summed E-state index contributed by atoms with van der Waals surface area (Å²) in [6, 6.07) is 3.60. The molecule has 0 unspecified atom stereocenters. The van der Waals surface area contributed by atoms with E-state index in [1.54, 1.807) is 0 Å². The largest absolute Gasteiger partial charge is 0.573 e. The van der Waals surface area contributed by atoms with Gasteiger partial charge in [0.15, 0.2) is 0 Å². The highest BCUT2D eigenvalue weighted by molar-refractivity contribution is 5.42. The van der Waals surface area contributed by atoms with E-state index < -0.39 is 6.36 Å². The van der Waals surface area contributed by atoms with E-state index in [0.717, 1.165) is 12.8 Å². The van der Waals surface area contributed by atoms with Crippen LogP contribution in [0, 0.1) is 0 Å². The molecule has 0 aromatic heterocycles. The molecule has 1 rings (SSSR count). The molecule has 0 bridgehead atoms. The summed E-state index contributed by atoms with van der Waals surface area (Å²) in [6.07, 6.45) is -2.34. The van der Waals surface area contributed by atoms with Crippen LogP contribution in [-0.2, 0) is 0 Å². The number of alkyl halides is 3. The Hall–Kier alpha value is -1.47. The zero-order valence-electron chi connectivity index (χ0n) is 11.2. The van der Waals surface area contributed by atoms with Gasteiger partial charge in [0.1, 0.15) is 11.5 Å². The second kappa shape index (κ2) is 7.35. The van der Waals surface area contributed by atoms with E-state index in [2.05, 4.69) is 4.74 Å². The number of rotatable bonds is 7. The van der Waals surface area contributed by atoms with Crippen molar-refractivity contribution in [3.05, 3.63) is 23.8 Å². The van der Waals surface area contributed by atoms with E-state index in [0.29, 0.717) is 18.5 Å². The molecule has 4 N–H and O–H groups in total. The van der Waals surface area contributed by atoms with Crippen LogP contribution in [0.1, 0.15) is 30.9 Å². The summed E-state index contributed by atoms with van der Waals surface area (Å²) in [4.78, 5) is 0.